The minimum Gasteiger partial charge on any atom is -0.488 e. The van der Waals surface area contributed by atoms with E-state index >= 15 is 0 Å². The van der Waals surface area contributed by atoms with Gasteiger partial charge in [-0.15, -0.1) is 0 Å². The van der Waals surface area contributed by atoms with Gasteiger partial charge in [-0.05, 0) is 6.92 Å². The van der Waals surface area contributed by atoms with Crippen molar-refractivity contribution in [2.45, 2.75) is 13.0 Å². The van der Waals surface area contributed by atoms with Gasteiger partial charge in [0, 0.05) is 18.2 Å². The van der Waals surface area contributed by atoms with Crippen LogP contribution in [0.4, 0.5) is 8.78 Å². The molecular formula is C9H10F2O2. The van der Waals surface area contributed by atoms with Gasteiger partial charge in [-0.25, -0.2) is 8.78 Å². The van der Waals surface area contributed by atoms with E-state index in [1.165, 1.54) is 0 Å². The maximum atomic E-state index is 12.6. The summed E-state index contributed by atoms with van der Waals surface area (Å²) in [6.07, 6.45) is -0.471. The fourth-order valence-electron chi connectivity index (χ4n) is 0.866. The molecule has 1 aromatic rings. The highest BCUT2D eigenvalue weighted by Gasteiger charge is 2.05. The molecule has 1 unspecified atom stereocenters. The molecule has 0 aromatic heterocycles. The average molecular weight is 188 g/mol. The predicted octanol–water partition coefficient (Wildman–Crippen LogP) is 1.72. The number of rotatable bonds is 3. The Labute approximate surface area is 74.8 Å². The molecule has 0 spiro atoms. The molecule has 1 rings (SSSR count). The molecule has 0 aliphatic carbocycles. The fourth-order valence-corrected chi connectivity index (χ4v) is 0.866. The van der Waals surface area contributed by atoms with Crippen molar-refractivity contribution in [1.29, 1.82) is 0 Å². The van der Waals surface area contributed by atoms with Gasteiger partial charge in [-0.1, -0.05) is 0 Å². The highest BCUT2D eigenvalue weighted by molar-refractivity contribution is 5.23. The van der Waals surface area contributed by atoms with Gasteiger partial charge in [0.05, 0.1) is 6.61 Å². The van der Waals surface area contributed by atoms with E-state index in [9.17, 15) is 8.78 Å². The van der Waals surface area contributed by atoms with E-state index in [0.29, 0.717) is 0 Å². The zero-order valence-corrected chi connectivity index (χ0v) is 7.13. The molecule has 1 atom stereocenters. The maximum absolute atomic E-state index is 12.6. The quantitative estimate of drug-likeness (QED) is 0.782. The lowest BCUT2D eigenvalue weighted by Gasteiger charge is -2.11. The molecule has 0 aliphatic rings. The van der Waals surface area contributed by atoms with E-state index in [2.05, 4.69) is 0 Å². The lowest BCUT2D eigenvalue weighted by Crippen LogP contribution is -2.16. The van der Waals surface area contributed by atoms with Crippen molar-refractivity contribution < 1.29 is 18.6 Å². The molecule has 13 heavy (non-hydrogen) atoms. The van der Waals surface area contributed by atoms with Crippen molar-refractivity contribution in [1.82, 2.24) is 0 Å². The first kappa shape index (κ1) is 9.92. The molecule has 1 N–H and O–H groups in total. The second-order valence-electron chi connectivity index (χ2n) is 2.72. The van der Waals surface area contributed by atoms with Crippen LogP contribution in [0, 0.1) is 11.6 Å². The molecule has 0 heterocycles. The zero-order chi connectivity index (χ0) is 9.84. The molecule has 0 aliphatic heterocycles. The van der Waals surface area contributed by atoms with Gasteiger partial charge in [0.2, 0.25) is 0 Å². The third-order valence-electron chi connectivity index (χ3n) is 1.43. The average Bonchev–Trinajstić information content (AvgIpc) is 2.02. The van der Waals surface area contributed by atoms with Gasteiger partial charge in [-0.3, -0.25) is 0 Å². The van der Waals surface area contributed by atoms with Crippen LogP contribution in [0.2, 0.25) is 0 Å². The first-order chi connectivity index (χ1) is 6.11. The van der Waals surface area contributed by atoms with E-state index in [1.54, 1.807) is 6.92 Å². The van der Waals surface area contributed by atoms with Crippen molar-refractivity contribution in [3.8, 4) is 5.75 Å². The van der Waals surface area contributed by atoms with Crippen molar-refractivity contribution in [3.63, 3.8) is 0 Å². The summed E-state index contributed by atoms with van der Waals surface area (Å²) in [5, 5.41) is 8.62. The van der Waals surface area contributed by atoms with Crippen molar-refractivity contribution >= 4 is 0 Å². The molecule has 2 nitrogen and oxygen atoms in total. The zero-order valence-electron chi connectivity index (χ0n) is 7.13. The molecular weight excluding hydrogens is 178 g/mol. The molecule has 0 fully saturated rings. The summed E-state index contributed by atoms with van der Waals surface area (Å²) in [4.78, 5) is 0. The van der Waals surface area contributed by atoms with E-state index in [-0.39, 0.29) is 12.4 Å². The minimum atomic E-state index is -0.694. The molecule has 72 valence electrons. The van der Waals surface area contributed by atoms with Crippen LogP contribution < -0.4 is 4.74 Å². The smallest absolute Gasteiger partial charge is 0.129 e. The molecule has 1 aromatic carbocycles. The van der Waals surface area contributed by atoms with Crippen LogP contribution in [0.25, 0.3) is 0 Å². The second-order valence-corrected chi connectivity index (χ2v) is 2.72. The van der Waals surface area contributed by atoms with Crippen LogP contribution in [0.15, 0.2) is 18.2 Å². The Morgan fingerprint density at radius 2 is 1.85 bits per heavy atom. The van der Waals surface area contributed by atoms with Crippen LogP contribution in [0.3, 0.4) is 0 Å². The SMILES string of the molecule is CC(CO)Oc1cc(F)cc(F)c1. The number of ether oxygens (including phenoxy) is 1. The summed E-state index contributed by atoms with van der Waals surface area (Å²) < 4.78 is 30.2. The number of halogens is 2. The normalized spacial score (nSPS) is 12.6. The lowest BCUT2D eigenvalue weighted by molar-refractivity contribution is 0.129. The maximum Gasteiger partial charge on any atom is 0.129 e. The fraction of sp³-hybridized carbons (Fsp3) is 0.333. The molecule has 0 bridgehead atoms. The molecule has 4 heteroatoms. The second kappa shape index (κ2) is 4.18. The summed E-state index contributed by atoms with van der Waals surface area (Å²) in [5.74, 6) is -1.31. The first-order valence-electron chi connectivity index (χ1n) is 3.85. The van der Waals surface area contributed by atoms with Gasteiger partial charge in [0.15, 0.2) is 0 Å². The highest BCUT2D eigenvalue weighted by atomic mass is 19.1. The van der Waals surface area contributed by atoms with Crippen LogP contribution in [0.1, 0.15) is 6.92 Å². The standard InChI is InChI=1S/C9H10F2O2/c1-6(5-12)13-9-3-7(10)2-8(11)4-9/h2-4,6,12H,5H2,1H3. The third-order valence-corrected chi connectivity index (χ3v) is 1.43. The number of aliphatic hydroxyl groups excluding tert-OH is 1. The molecule has 0 amide bonds. The van der Waals surface area contributed by atoms with Crippen molar-refractivity contribution in [2.75, 3.05) is 6.61 Å². The monoisotopic (exact) mass is 188 g/mol. The van der Waals surface area contributed by atoms with Crippen molar-refractivity contribution in [3.05, 3.63) is 29.8 Å². The predicted molar refractivity (Wildman–Crippen MR) is 43.5 cm³/mol. The van der Waals surface area contributed by atoms with E-state index in [4.69, 9.17) is 9.84 Å². The first-order valence-corrected chi connectivity index (χ1v) is 3.85. The van der Waals surface area contributed by atoms with Crippen LogP contribution in [-0.2, 0) is 0 Å². The topological polar surface area (TPSA) is 29.5 Å². The van der Waals surface area contributed by atoms with Gasteiger partial charge in [-0.2, -0.15) is 0 Å². The summed E-state index contributed by atoms with van der Waals surface area (Å²) in [6.45, 7) is 1.40. The number of hydrogen-bond acceptors (Lipinski definition) is 2. The van der Waals surface area contributed by atoms with Gasteiger partial charge in [0.25, 0.3) is 0 Å². The van der Waals surface area contributed by atoms with Gasteiger partial charge in [0.1, 0.15) is 23.5 Å². The largest absolute Gasteiger partial charge is 0.488 e. The number of benzene rings is 1. The molecule has 0 saturated carbocycles. The van der Waals surface area contributed by atoms with E-state index in [0.717, 1.165) is 18.2 Å². The Kier molecular flexibility index (Phi) is 3.19. The molecule has 0 saturated heterocycles. The number of hydrogen-bond donors (Lipinski definition) is 1. The minimum absolute atomic E-state index is 0.0825. The summed E-state index contributed by atoms with van der Waals surface area (Å²) in [7, 11) is 0. The Morgan fingerprint density at radius 1 is 1.31 bits per heavy atom. The Morgan fingerprint density at radius 3 is 2.31 bits per heavy atom. The molecule has 0 radical (unpaired) electrons. The van der Waals surface area contributed by atoms with Crippen molar-refractivity contribution in [2.24, 2.45) is 0 Å². The van der Waals surface area contributed by atoms with E-state index in [1.807, 2.05) is 0 Å². The van der Waals surface area contributed by atoms with Crippen LogP contribution in [-0.4, -0.2) is 17.8 Å². The summed E-state index contributed by atoms with van der Waals surface area (Å²) >= 11 is 0. The summed E-state index contributed by atoms with van der Waals surface area (Å²) in [5.41, 5.74) is 0. The van der Waals surface area contributed by atoms with Gasteiger partial charge < -0.3 is 9.84 Å². The van der Waals surface area contributed by atoms with Crippen LogP contribution in [0.5, 0.6) is 5.75 Å². The Bertz CT molecular complexity index is 269. The Hall–Kier alpha value is -1.16. The van der Waals surface area contributed by atoms with E-state index < -0.39 is 17.7 Å². The number of aliphatic hydroxyl groups is 1. The summed E-state index contributed by atoms with van der Waals surface area (Å²) in [6, 6.07) is 2.89. The van der Waals surface area contributed by atoms with Gasteiger partial charge >= 0.3 is 0 Å². The lowest BCUT2D eigenvalue weighted by atomic mass is 10.3. The Balaban J connectivity index is 2.77. The highest BCUT2D eigenvalue weighted by Crippen LogP contribution is 2.16. The third kappa shape index (κ3) is 2.99. The van der Waals surface area contributed by atoms with Crippen LogP contribution >= 0.6 is 0 Å².